The Labute approximate surface area is 124 Å². The normalized spacial score (nSPS) is 46.6. The largest absolute Gasteiger partial charge is 0.386 e. The second-order valence-electron chi connectivity index (χ2n) is 7.20. The summed E-state index contributed by atoms with van der Waals surface area (Å²) in [4.78, 5) is 12.8. The molecule has 2 bridgehead atoms. The highest BCUT2D eigenvalue weighted by Crippen LogP contribution is 2.71. The van der Waals surface area contributed by atoms with Gasteiger partial charge in [-0.05, 0) is 37.5 Å². The Morgan fingerprint density at radius 3 is 2.85 bits per heavy atom. The second kappa shape index (κ2) is 4.59. The first-order valence-electron chi connectivity index (χ1n) is 7.34. The van der Waals surface area contributed by atoms with Gasteiger partial charge in [0.15, 0.2) is 0 Å². The van der Waals surface area contributed by atoms with Gasteiger partial charge in [0.2, 0.25) is 0 Å². The van der Waals surface area contributed by atoms with Crippen LogP contribution in [0.1, 0.15) is 46.5 Å². The summed E-state index contributed by atoms with van der Waals surface area (Å²) in [7, 11) is 2.87. The fourth-order valence-corrected chi connectivity index (χ4v) is 6.22. The molecule has 0 radical (unpaired) electrons. The van der Waals surface area contributed by atoms with E-state index < -0.39 is 11.0 Å². The van der Waals surface area contributed by atoms with Gasteiger partial charge in [0.25, 0.3) is 0 Å². The summed E-state index contributed by atoms with van der Waals surface area (Å²) in [6.07, 6.45) is 4.65. The Kier molecular flexibility index (Phi) is 3.47. The first-order chi connectivity index (χ1) is 9.31. The van der Waals surface area contributed by atoms with Gasteiger partial charge in [0.1, 0.15) is 11.4 Å². The van der Waals surface area contributed by atoms with E-state index in [9.17, 15) is 9.90 Å². The Morgan fingerprint density at radius 2 is 2.20 bits per heavy atom. The third-order valence-corrected chi connectivity index (χ3v) is 7.07. The molecule has 20 heavy (non-hydrogen) atoms. The summed E-state index contributed by atoms with van der Waals surface area (Å²) in [5.41, 5.74) is -0.631. The highest BCUT2D eigenvalue weighted by molar-refractivity contribution is 8.00. The molecular formula is C15H24O3P2. The Morgan fingerprint density at radius 1 is 1.50 bits per heavy atom. The third kappa shape index (κ3) is 1.53. The summed E-state index contributed by atoms with van der Waals surface area (Å²) in [6, 6.07) is 0. The van der Waals surface area contributed by atoms with Crippen molar-refractivity contribution in [2.45, 2.75) is 58.2 Å². The molecule has 0 aromatic heterocycles. The number of hydrogen-bond donors (Lipinski definition) is 1. The van der Waals surface area contributed by atoms with Gasteiger partial charge in [0.05, 0.1) is 11.5 Å². The number of Topliss-reactive ketones (excluding diaryl/α,β-unsaturated/α-hetero) is 1. The standard InChI is InChI=1S/C15H24O3P2/c1-9-4-5-10-12(18-20-19)15(17)7-6-11(16)14(15,8-9)13(10,2)3/h4,10,12,17,20H,5-8,19H2,1-3H3. The smallest absolute Gasteiger partial charge is 0.143 e. The van der Waals surface area contributed by atoms with Crippen molar-refractivity contribution in [3.8, 4) is 0 Å². The van der Waals surface area contributed by atoms with E-state index in [0.29, 0.717) is 19.3 Å². The van der Waals surface area contributed by atoms with Gasteiger partial charge in [0, 0.05) is 14.9 Å². The molecule has 0 aromatic rings. The summed E-state index contributed by atoms with van der Waals surface area (Å²) >= 11 is 0. The average Bonchev–Trinajstić information content (AvgIpc) is 2.64. The van der Waals surface area contributed by atoms with Crippen molar-refractivity contribution in [3.63, 3.8) is 0 Å². The lowest BCUT2D eigenvalue weighted by atomic mass is 9.59. The summed E-state index contributed by atoms with van der Waals surface area (Å²) < 4.78 is 5.96. The molecule has 3 aliphatic rings. The Hall–Kier alpha value is 0.190. The van der Waals surface area contributed by atoms with E-state index in [1.165, 1.54) is 5.57 Å². The van der Waals surface area contributed by atoms with Crippen LogP contribution in [0.5, 0.6) is 0 Å². The molecule has 0 amide bonds. The molecule has 0 aromatic carbocycles. The maximum absolute atomic E-state index is 12.8. The highest BCUT2D eigenvalue weighted by Gasteiger charge is 2.77. The molecule has 0 aliphatic heterocycles. The van der Waals surface area contributed by atoms with Crippen LogP contribution in [0, 0.1) is 16.7 Å². The molecule has 0 saturated heterocycles. The van der Waals surface area contributed by atoms with Crippen LogP contribution >= 0.6 is 17.4 Å². The molecule has 1 N–H and O–H groups in total. The van der Waals surface area contributed by atoms with Gasteiger partial charge < -0.3 is 9.63 Å². The average molecular weight is 314 g/mol. The van der Waals surface area contributed by atoms with Gasteiger partial charge >= 0.3 is 0 Å². The van der Waals surface area contributed by atoms with Crippen LogP contribution in [-0.2, 0) is 9.32 Å². The SMILES string of the molecule is CC1=CCC2C(OPP)C3(O)CCC(=O)C3(C1)C2(C)C. The van der Waals surface area contributed by atoms with Crippen molar-refractivity contribution >= 4 is 23.2 Å². The number of aliphatic hydroxyl groups is 1. The number of ketones is 1. The minimum absolute atomic E-state index is 0.210. The lowest BCUT2D eigenvalue weighted by Gasteiger charge is -2.44. The van der Waals surface area contributed by atoms with E-state index >= 15 is 0 Å². The molecule has 6 atom stereocenters. The summed E-state index contributed by atoms with van der Waals surface area (Å²) in [5, 5.41) is 11.5. The van der Waals surface area contributed by atoms with Crippen molar-refractivity contribution in [1.82, 2.24) is 0 Å². The zero-order valence-electron chi connectivity index (χ0n) is 12.4. The van der Waals surface area contributed by atoms with E-state index in [1.54, 1.807) is 0 Å². The molecule has 1 spiro atoms. The van der Waals surface area contributed by atoms with Crippen molar-refractivity contribution in [2.24, 2.45) is 16.7 Å². The van der Waals surface area contributed by atoms with Crippen LogP contribution in [0.15, 0.2) is 11.6 Å². The zero-order chi connectivity index (χ0) is 14.8. The number of carbonyl (C=O) groups excluding carboxylic acids is 1. The molecule has 3 aliphatic carbocycles. The molecule has 5 heteroatoms. The number of rotatable bonds is 2. The number of allylic oxidation sites excluding steroid dienone is 2. The van der Waals surface area contributed by atoms with Crippen LogP contribution < -0.4 is 0 Å². The van der Waals surface area contributed by atoms with E-state index in [1.807, 2.05) is 0 Å². The maximum atomic E-state index is 12.8. The molecule has 6 unspecified atom stereocenters. The van der Waals surface area contributed by atoms with Crippen LogP contribution in [0.25, 0.3) is 0 Å². The zero-order valence-corrected chi connectivity index (χ0v) is 14.6. The number of carbonyl (C=O) groups is 1. The summed E-state index contributed by atoms with van der Waals surface area (Å²) in [6.45, 7) is 6.41. The van der Waals surface area contributed by atoms with E-state index in [4.69, 9.17) is 4.52 Å². The number of hydrogen-bond acceptors (Lipinski definition) is 3. The van der Waals surface area contributed by atoms with Crippen LogP contribution in [-0.4, -0.2) is 22.6 Å². The van der Waals surface area contributed by atoms with Gasteiger partial charge in [-0.3, -0.25) is 4.79 Å². The minimum Gasteiger partial charge on any atom is -0.386 e. The van der Waals surface area contributed by atoms with Crippen molar-refractivity contribution in [1.29, 1.82) is 0 Å². The van der Waals surface area contributed by atoms with E-state index in [-0.39, 0.29) is 31.7 Å². The predicted octanol–water partition coefficient (Wildman–Crippen LogP) is 3.23. The lowest BCUT2D eigenvalue weighted by Crippen LogP contribution is -2.53. The topological polar surface area (TPSA) is 46.5 Å². The van der Waals surface area contributed by atoms with E-state index in [0.717, 1.165) is 6.42 Å². The fraction of sp³-hybridized carbons (Fsp3) is 0.800. The first-order valence-corrected chi connectivity index (χ1v) is 10.1. The minimum atomic E-state index is -0.989. The van der Waals surface area contributed by atoms with Gasteiger partial charge in [-0.15, -0.1) is 0 Å². The second-order valence-corrected chi connectivity index (χ2v) is 8.38. The van der Waals surface area contributed by atoms with Crippen LogP contribution in [0.4, 0.5) is 0 Å². The Balaban J connectivity index is 2.22. The Bertz CT molecular complexity index is 488. The molecule has 2 fully saturated rings. The quantitative estimate of drug-likeness (QED) is 0.629. The summed E-state index contributed by atoms with van der Waals surface area (Å²) in [5.74, 6) is 0.449. The molecule has 3 rings (SSSR count). The highest BCUT2D eigenvalue weighted by atomic mass is 32.0. The molecule has 0 heterocycles. The number of fused-ring (bicyclic) bond motifs is 1. The molecule has 112 valence electrons. The van der Waals surface area contributed by atoms with Gasteiger partial charge in [-0.1, -0.05) is 34.4 Å². The fourth-order valence-electron chi connectivity index (χ4n) is 5.27. The lowest BCUT2D eigenvalue weighted by molar-refractivity contribution is -0.148. The van der Waals surface area contributed by atoms with Gasteiger partial charge in [-0.25, -0.2) is 0 Å². The molecular weight excluding hydrogens is 290 g/mol. The first kappa shape index (κ1) is 15.1. The van der Waals surface area contributed by atoms with E-state index in [2.05, 4.69) is 35.8 Å². The van der Waals surface area contributed by atoms with Gasteiger partial charge in [-0.2, -0.15) is 0 Å². The van der Waals surface area contributed by atoms with Crippen LogP contribution in [0.3, 0.4) is 0 Å². The maximum Gasteiger partial charge on any atom is 0.143 e. The van der Waals surface area contributed by atoms with Crippen molar-refractivity contribution in [3.05, 3.63) is 11.6 Å². The molecule has 2 saturated carbocycles. The van der Waals surface area contributed by atoms with Crippen LogP contribution in [0.2, 0.25) is 0 Å². The van der Waals surface area contributed by atoms with Crippen molar-refractivity contribution in [2.75, 3.05) is 0 Å². The third-order valence-electron chi connectivity index (χ3n) is 6.27. The monoisotopic (exact) mass is 314 g/mol. The predicted molar refractivity (Wildman–Crippen MR) is 84.8 cm³/mol. The van der Waals surface area contributed by atoms with Crippen molar-refractivity contribution < 1.29 is 14.4 Å². The molecule has 3 nitrogen and oxygen atoms in total.